The molecule has 0 aliphatic heterocycles. The lowest BCUT2D eigenvalue weighted by Crippen LogP contribution is -1.94. The molecule has 2 nitrogen and oxygen atoms in total. The Morgan fingerprint density at radius 3 is 2.18 bits per heavy atom. The van der Waals surface area contributed by atoms with Crippen LogP contribution in [0, 0.1) is 0 Å². The number of methoxy groups -OCH3 is 1. The first kappa shape index (κ1) is 18.6. The minimum Gasteiger partial charge on any atom is -0.495 e. The van der Waals surface area contributed by atoms with E-state index in [-0.39, 0.29) is 6.61 Å². The number of ether oxygens (including phenoxy) is 1. The van der Waals surface area contributed by atoms with E-state index in [0.29, 0.717) is 0 Å². The molecule has 0 aromatic heterocycles. The Hall–Kier alpha value is -0.800. The molecule has 0 atom stereocenters. The van der Waals surface area contributed by atoms with E-state index >= 15 is 0 Å². The molecular formula is C14H23BrO2. The lowest BCUT2D eigenvalue weighted by Gasteiger charge is -2.10. The van der Waals surface area contributed by atoms with Crippen molar-refractivity contribution in [3.05, 3.63) is 40.9 Å². The van der Waals surface area contributed by atoms with E-state index in [1.807, 2.05) is 26.0 Å². The highest BCUT2D eigenvalue weighted by molar-refractivity contribution is 9.10. The highest BCUT2D eigenvalue weighted by atomic mass is 79.9. The molecule has 0 bridgehead atoms. The monoisotopic (exact) mass is 302 g/mol. The molecule has 1 aromatic rings. The Balaban J connectivity index is 0. The second-order valence-corrected chi connectivity index (χ2v) is 3.64. The van der Waals surface area contributed by atoms with Gasteiger partial charge in [-0.2, -0.15) is 0 Å². The summed E-state index contributed by atoms with van der Waals surface area (Å²) in [6.45, 7) is 12.1. The zero-order chi connectivity index (χ0) is 13.8. The molecular weight excluding hydrogens is 280 g/mol. The zero-order valence-corrected chi connectivity index (χ0v) is 12.8. The molecule has 1 N–H and O–H groups in total. The molecule has 0 saturated heterocycles. The van der Waals surface area contributed by atoms with Gasteiger partial charge >= 0.3 is 0 Å². The van der Waals surface area contributed by atoms with Crippen molar-refractivity contribution in [2.24, 2.45) is 0 Å². The molecule has 0 aliphatic rings. The van der Waals surface area contributed by atoms with Crippen LogP contribution in [0.25, 0.3) is 0 Å². The maximum atomic E-state index is 8.98. The van der Waals surface area contributed by atoms with Crippen molar-refractivity contribution in [2.45, 2.75) is 33.8 Å². The maximum Gasteiger partial charge on any atom is 0.136 e. The largest absolute Gasteiger partial charge is 0.495 e. The zero-order valence-electron chi connectivity index (χ0n) is 11.2. The van der Waals surface area contributed by atoms with Crippen LogP contribution in [-0.4, -0.2) is 12.2 Å². The third-order valence-electron chi connectivity index (χ3n) is 1.95. The van der Waals surface area contributed by atoms with E-state index in [0.717, 1.165) is 27.8 Å². The lowest BCUT2D eigenvalue weighted by atomic mass is 10.1. The maximum absolute atomic E-state index is 8.98. The van der Waals surface area contributed by atoms with Crippen LogP contribution in [0.4, 0.5) is 0 Å². The van der Waals surface area contributed by atoms with Crippen LogP contribution in [0.2, 0.25) is 0 Å². The summed E-state index contributed by atoms with van der Waals surface area (Å²) in [6.07, 6.45) is 0.898. The van der Waals surface area contributed by atoms with Crippen LogP contribution in [0.5, 0.6) is 5.75 Å². The van der Waals surface area contributed by atoms with Gasteiger partial charge in [0.05, 0.1) is 18.2 Å². The number of aryl methyl sites for hydroxylation is 1. The van der Waals surface area contributed by atoms with Gasteiger partial charge in [0.15, 0.2) is 0 Å². The normalized spacial score (nSPS) is 8.35. The number of aliphatic hydroxyl groups is 1. The quantitative estimate of drug-likeness (QED) is 0.842. The molecule has 3 heteroatoms. The standard InChI is InChI=1S/C10H13BrO2.C2H6.C2H4/c1-3-8-4-7(6-12)5-9(11)10(8)13-2;2*1-2/h4-5,12H,3,6H2,1-2H3;1-2H3;1-2H2. The van der Waals surface area contributed by atoms with Gasteiger partial charge in [-0.15, -0.1) is 13.2 Å². The van der Waals surface area contributed by atoms with Crippen molar-refractivity contribution >= 4 is 15.9 Å². The predicted molar refractivity (Wildman–Crippen MR) is 78.6 cm³/mol. The van der Waals surface area contributed by atoms with Crippen LogP contribution in [0.15, 0.2) is 29.8 Å². The van der Waals surface area contributed by atoms with Gasteiger partial charge in [-0.05, 0) is 45.6 Å². The SMILES string of the molecule is C=C.CC.CCc1cc(CO)cc(Br)c1OC. The fourth-order valence-electron chi connectivity index (χ4n) is 1.30. The van der Waals surface area contributed by atoms with E-state index in [1.54, 1.807) is 7.11 Å². The molecule has 0 fully saturated rings. The summed E-state index contributed by atoms with van der Waals surface area (Å²) in [5, 5.41) is 8.98. The van der Waals surface area contributed by atoms with E-state index in [1.165, 1.54) is 0 Å². The highest BCUT2D eigenvalue weighted by Crippen LogP contribution is 2.30. The average molecular weight is 303 g/mol. The first-order chi connectivity index (χ1) is 8.22. The smallest absolute Gasteiger partial charge is 0.136 e. The summed E-state index contributed by atoms with van der Waals surface area (Å²) in [5.74, 6) is 0.861. The van der Waals surface area contributed by atoms with Gasteiger partial charge in [0, 0.05) is 0 Å². The molecule has 0 amide bonds. The molecule has 0 heterocycles. The van der Waals surface area contributed by atoms with Crippen molar-refractivity contribution < 1.29 is 9.84 Å². The van der Waals surface area contributed by atoms with Crippen molar-refractivity contribution in [2.75, 3.05) is 7.11 Å². The fraction of sp³-hybridized carbons (Fsp3) is 0.429. The first-order valence-electron chi connectivity index (χ1n) is 5.69. The molecule has 0 saturated carbocycles. The third kappa shape index (κ3) is 5.89. The van der Waals surface area contributed by atoms with Crippen LogP contribution in [-0.2, 0) is 13.0 Å². The molecule has 0 unspecified atom stereocenters. The fourth-order valence-corrected chi connectivity index (χ4v) is 2.01. The molecule has 1 rings (SSSR count). The Bertz CT molecular complexity index is 311. The highest BCUT2D eigenvalue weighted by Gasteiger charge is 2.07. The van der Waals surface area contributed by atoms with Crippen molar-refractivity contribution in [3.63, 3.8) is 0 Å². The van der Waals surface area contributed by atoms with Gasteiger partial charge in [-0.25, -0.2) is 0 Å². The average Bonchev–Trinajstić information content (AvgIpc) is 2.42. The van der Waals surface area contributed by atoms with E-state index in [4.69, 9.17) is 9.84 Å². The van der Waals surface area contributed by atoms with Gasteiger partial charge in [-0.1, -0.05) is 20.8 Å². The number of benzene rings is 1. The van der Waals surface area contributed by atoms with Gasteiger partial charge < -0.3 is 9.84 Å². The molecule has 0 radical (unpaired) electrons. The second-order valence-electron chi connectivity index (χ2n) is 2.78. The molecule has 1 aromatic carbocycles. The number of rotatable bonds is 3. The summed E-state index contributed by atoms with van der Waals surface area (Å²) in [5.41, 5.74) is 2.02. The molecule has 17 heavy (non-hydrogen) atoms. The molecule has 0 aliphatic carbocycles. The van der Waals surface area contributed by atoms with Crippen LogP contribution in [0.1, 0.15) is 31.9 Å². The van der Waals surface area contributed by atoms with Crippen LogP contribution in [0.3, 0.4) is 0 Å². The van der Waals surface area contributed by atoms with Gasteiger partial charge in [-0.3, -0.25) is 0 Å². The first-order valence-corrected chi connectivity index (χ1v) is 6.48. The summed E-state index contributed by atoms with van der Waals surface area (Å²) in [6, 6.07) is 3.83. The number of aliphatic hydroxyl groups excluding tert-OH is 1. The summed E-state index contributed by atoms with van der Waals surface area (Å²) >= 11 is 3.40. The Kier molecular flexibility index (Phi) is 12.8. The van der Waals surface area contributed by atoms with Crippen molar-refractivity contribution in [1.29, 1.82) is 0 Å². The minimum absolute atomic E-state index is 0.0651. The number of halogens is 1. The Morgan fingerprint density at radius 2 is 1.82 bits per heavy atom. The Labute approximate surface area is 113 Å². The number of hydrogen-bond acceptors (Lipinski definition) is 2. The summed E-state index contributed by atoms with van der Waals surface area (Å²) in [7, 11) is 1.65. The summed E-state index contributed by atoms with van der Waals surface area (Å²) < 4.78 is 6.14. The van der Waals surface area contributed by atoms with Gasteiger partial charge in [0.1, 0.15) is 5.75 Å². The lowest BCUT2D eigenvalue weighted by molar-refractivity contribution is 0.281. The molecule has 0 spiro atoms. The van der Waals surface area contributed by atoms with Gasteiger partial charge in [0.2, 0.25) is 0 Å². The Morgan fingerprint density at radius 1 is 1.29 bits per heavy atom. The van der Waals surface area contributed by atoms with Gasteiger partial charge in [0.25, 0.3) is 0 Å². The van der Waals surface area contributed by atoms with E-state index in [9.17, 15) is 0 Å². The minimum atomic E-state index is 0.0651. The summed E-state index contributed by atoms with van der Waals surface area (Å²) in [4.78, 5) is 0. The molecule has 98 valence electrons. The third-order valence-corrected chi connectivity index (χ3v) is 2.54. The van der Waals surface area contributed by atoms with Crippen LogP contribution < -0.4 is 4.74 Å². The van der Waals surface area contributed by atoms with Crippen molar-refractivity contribution in [1.82, 2.24) is 0 Å². The second kappa shape index (κ2) is 11.7. The van der Waals surface area contributed by atoms with E-state index in [2.05, 4.69) is 36.0 Å². The topological polar surface area (TPSA) is 29.5 Å². The van der Waals surface area contributed by atoms with E-state index < -0.39 is 0 Å². The predicted octanol–water partition coefficient (Wildman–Crippen LogP) is 4.34. The van der Waals surface area contributed by atoms with Crippen molar-refractivity contribution in [3.8, 4) is 5.75 Å². The number of hydrogen-bond donors (Lipinski definition) is 1. The van der Waals surface area contributed by atoms with Crippen LogP contribution >= 0.6 is 15.9 Å².